The quantitative estimate of drug-likeness (QED) is 0.487. The van der Waals surface area contributed by atoms with Crippen molar-refractivity contribution in [3.05, 3.63) is 47.0 Å². The maximum Gasteiger partial charge on any atom is 0.300 e. The summed E-state index contributed by atoms with van der Waals surface area (Å²) in [5.41, 5.74) is 0.927. The molecule has 0 aliphatic carbocycles. The molecule has 3 rings (SSSR count). The molecular weight excluding hydrogens is 324 g/mol. The van der Waals surface area contributed by atoms with Crippen LogP contribution in [-0.2, 0) is 0 Å². The lowest BCUT2D eigenvalue weighted by Crippen LogP contribution is -2.20. The highest BCUT2D eigenvalue weighted by atomic mass is 32.2. The Bertz CT molecular complexity index is 870. The second-order valence-corrected chi connectivity index (χ2v) is 6.34. The third-order valence-corrected chi connectivity index (χ3v) is 4.62. The molecule has 0 saturated carbocycles. The van der Waals surface area contributed by atoms with E-state index in [0.29, 0.717) is 12.3 Å². The summed E-state index contributed by atoms with van der Waals surface area (Å²) in [6.07, 6.45) is 5.83. The number of hydrogen-bond acceptors (Lipinski definition) is 5. The molecule has 0 amide bonds. The van der Waals surface area contributed by atoms with E-state index in [1.165, 1.54) is 0 Å². The molecule has 0 unspecified atom stereocenters. The van der Waals surface area contributed by atoms with Crippen LogP contribution in [0.5, 0.6) is 5.75 Å². The average Bonchev–Trinajstić information content (AvgIpc) is 3.01. The molecule has 0 aliphatic rings. The van der Waals surface area contributed by atoms with Gasteiger partial charge in [0.15, 0.2) is 5.16 Å². The summed E-state index contributed by atoms with van der Waals surface area (Å²) in [4.78, 5) is 12.7. The third-order valence-electron chi connectivity index (χ3n) is 3.59. The van der Waals surface area contributed by atoms with Gasteiger partial charge in [0.25, 0.3) is 0 Å². The van der Waals surface area contributed by atoms with Crippen molar-refractivity contribution in [2.45, 2.75) is 31.8 Å². The van der Waals surface area contributed by atoms with Gasteiger partial charge in [0.05, 0.1) is 6.61 Å². The van der Waals surface area contributed by atoms with Crippen LogP contribution in [0, 0.1) is 0 Å². The zero-order valence-corrected chi connectivity index (χ0v) is 14.6. The van der Waals surface area contributed by atoms with Crippen molar-refractivity contribution in [1.82, 2.24) is 19.2 Å². The topological polar surface area (TPSA) is 61.4 Å². The number of thioether (sulfide) groups is 1. The molecule has 126 valence electrons. The van der Waals surface area contributed by atoms with Crippen LogP contribution in [0.3, 0.4) is 0 Å². The first-order valence-electron chi connectivity index (χ1n) is 8.07. The van der Waals surface area contributed by atoms with E-state index in [9.17, 15) is 4.79 Å². The van der Waals surface area contributed by atoms with Crippen molar-refractivity contribution in [3.63, 3.8) is 0 Å². The van der Waals surface area contributed by atoms with Gasteiger partial charge < -0.3 is 4.74 Å². The first-order valence-corrected chi connectivity index (χ1v) is 9.05. The molecule has 0 fully saturated rings. The lowest BCUT2D eigenvalue weighted by atomic mass is 10.3. The summed E-state index contributed by atoms with van der Waals surface area (Å²) < 4.78 is 8.76. The van der Waals surface area contributed by atoms with Crippen LogP contribution in [0.2, 0.25) is 0 Å². The average molecular weight is 344 g/mol. The summed E-state index contributed by atoms with van der Waals surface area (Å²) in [7, 11) is 0. The molecule has 2 heterocycles. The lowest BCUT2D eigenvalue weighted by Gasteiger charge is -2.08. The van der Waals surface area contributed by atoms with Crippen LogP contribution in [0.1, 0.15) is 26.7 Å². The fourth-order valence-corrected chi connectivity index (χ4v) is 3.35. The van der Waals surface area contributed by atoms with Gasteiger partial charge in [-0.05, 0) is 37.6 Å². The minimum absolute atomic E-state index is 0.184. The highest BCUT2D eigenvalue weighted by Gasteiger charge is 2.11. The van der Waals surface area contributed by atoms with Crippen LogP contribution >= 0.6 is 11.8 Å². The molecule has 7 heteroatoms. The highest BCUT2D eigenvalue weighted by Crippen LogP contribution is 2.18. The molecule has 0 saturated heterocycles. The summed E-state index contributed by atoms with van der Waals surface area (Å²) in [5.74, 6) is 1.76. The number of nitrogens with zero attached hydrogens (tertiary/aromatic N) is 4. The zero-order valence-electron chi connectivity index (χ0n) is 13.8. The summed E-state index contributed by atoms with van der Waals surface area (Å²) in [6, 6.07) is 7.42. The Balaban J connectivity index is 1.93. The van der Waals surface area contributed by atoms with E-state index >= 15 is 0 Å². The largest absolute Gasteiger partial charge is 0.494 e. The van der Waals surface area contributed by atoms with Crippen molar-refractivity contribution in [2.75, 3.05) is 12.4 Å². The van der Waals surface area contributed by atoms with Gasteiger partial charge in [0, 0.05) is 23.8 Å². The second kappa shape index (κ2) is 7.53. The molecule has 24 heavy (non-hydrogen) atoms. The standard InChI is InChI=1S/C17H20N4O2S/c1-3-5-12-24-17-19-18-15-16(22)20(10-11-21(15)17)13-6-8-14(9-7-13)23-4-2/h6-11H,3-5,12H2,1-2H3. The fourth-order valence-electron chi connectivity index (χ4n) is 2.35. The second-order valence-electron chi connectivity index (χ2n) is 5.28. The van der Waals surface area contributed by atoms with Crippen LogP contribution in [0.15, 0.2) is 46.6 Å². The summed E-state index contributed by atoms with van der Waals surface area (Å²) >= 11 is 1.62. The molecule has 0 N–H and O–H groups in total. The normalized spacial score (nSPS) is 11.1. The van der Waals surface area contributed by atoms with Gasteiger partial charge in [0.1, 0.15) is 5.75 Å². The first kappa shape index (κ1) is 16.6. The molecule has 3 aromatic rings. The molecule has 0 spiro atoms. The lowest BCUT2D eigenvalue weighted by molar-refractivity contribution is 0.340. The monoisotopic (exact) mass is 344 g/mol. The zero-order chi connectivity index (χ0) is 16.9. The van der Waals surface area contributed by atoms with Gasteiger partial charge in [-0.15, -0.1) is 10.2 Å². The van der Waals surface area contributed by atoms with Crippen LogP contribution in [0.4, 0.5) is 0 Å². The maximum atomic E-state index is 12.7. The summed E-state index contributed by atoms with van der Waals surface area (Å²) in [6.45, 7) is 4.70. The number of benzene rings is 1. The van der Waals surface area contributed by atoms with Crippen LogP contribution < -0.4 is 10.3 Å². The van der Waals surface area contributed by atoms with Gasteiger partial charge in [-0.25, -0.2) is 0 Å². The van der Waals surface area contributed by atoms with Crippen molar-refractivity contribution in [1.29, 1.82) is 0 Å². The van der Waals surface area contributed by atoms with Crippen molar-refractivity contribution in [3.8, 4) is 11.4 Å². The molecule has 2 aromatic heterocycles. The van der Waals surface area contributed by atoms with Gasteiger partial charge in [-0.3, -0.25) is 13.8 Å². The molecular formula is C17H20N4O2S. The Morgan fingerprint density at radius 1 is 1.12 bits per heavy atom. The number of unbranched alkanes of at least 4 members (excludes halogenated alkanes) is 1. The van der Waals surface area contributed by atoms with E-state index in [4.69, 9.17) is 4.74 Å². The Kier molecular flexibility index (Phi) is 5.20. The van der Waals surface area contributed by atoms with Gasteiger partial charge in [-0.1, -0.05) is 25.1 Å². The first-order chi connectivity index (χ1) is 11.7. The summed E-state index contributed by atoms with van der Waals surface area (Å²) in [5, 5.41) is 8.97. The molecule has 0 bridgehead atoms. The van der Waals surface area contributed by atoms with Crippen molar-refractivity contribution >= 4 is 17.4 Å². The Morgan fingerprint density at radius 3 is 2.62 bits per heavy atom. The number of hydrogen-bond donors (Lipinski definition) is 0. The Labute approximate surface area is 144 Å². The minimum atomic E-state index is -0.184. The molecule has 1 aromatic carbocycles. The number of fused-ring (bicyclic) bond motifs is 1. The Hall–Kier alpha value is -2.28. The van der Waals surface area contributed by atoms with Gasteiger partial charge >= 0.3 is 5.56 Å². The smallest absolute Gasteiger partial charge is 0.300 e. The van der Waals surface area contributed by atoms with E-state index in [2.05, 4.69) is 17.1 Å². The number of ether oxygens (including phenoxy) is 1. The van der Waals surface area contributed by atoms with E-state index in [0.717, 1.165) is 35.2 Å². The van der Waals surface area contributed by atoms with E-state index < -0.39 is 0 Å². The fraction of sp³-hybridized carbons (Fsp3) is 0.353. The van der Waals surface area contributed by atoms with E-state index in [-0.39, 0.29) is 5.56 Å². The Morgan fingerprint density at radius 2 is 1.92 bits per heavy atom. The third kappa shape index (κ3) is 3.31. The van der Waals surface area contributed by atoms with Crippen molar-refractivity contribution in [2.24, 2.45) is 0 Å². The number of rotatable bonds is 7. The van der Waals surface area contributed by atoms with Crippen molar-refractivity contribution < 1.29 is 4.74 Å². The van der Waals surface area contributed by atoms with E-state index in [1.807, 2.05) is 37.4 Å². The maximum absolute atomic E-state index is 12.7. The molecule has 0 radical (unpaired) electrons. The molecule has 0 atom stereocenters. The number of aromatic nitrogens is 4. The SMILES string of the molecule is CCCCSc1nnc2c(=O)n(-c3ccc(OCC)cc3)ccn12. The van der Waals surface area contributed by atoms with Crippen LogP contribution in [0.25, 0.3) is 11.3 Å². The molecule has 0 aliphatic heterocycles. The predicted molar refractivity (Wildman–Crippen MR) is 95.4 cm³/mol. The minimum Gasteiger partial charge on any atom is -0.494 e. The van der Waals surface area contributed by atoms with Crippen LogP contribution in [-0.4, -0.2) is 31.5 Å². The predicted octanol–water partition coefficient (Wildman–Crippen LogP) is 3.17. The van der Waals surface area contributed by atoms with Gasteiger partial charge in [0.2, 0.25) is 5.65 Å². The highest BCUT2D eigenvalue weighted by molar-refractivity contribution is 7.99. The van der Waals surface area contributed by atoms with Gasteiger partial charge in [-0.2, -0.15) is 0 Å². The molecule has 6 nitrogen and oxygen atoms in total. The van der Waals surface area contributed by atoms with E-state index in [1.54, 1.807) is 26.9 Å².